The van der Waals surface area contributed by atoms with Crippen LogP contribution < -0.4 is 10.6 Å². The van der Waals surface area contributed by atoms with E-state index >= 15 is 0 Å². The van der Waals surface area contributed by atoms with Crippen molar-refractivity contribution in [2.45, 2.75) is 33.2 Å². The lowest BCUT2D eigenvalue weighted by Gasteiger charge is -2.26. The average Bonchev–Trinajstić information content (AvgIpc) is 3.23. The Labute approximate surface area is 181 Å². The summed E-state index contributed by atoms with van der Waals surface area (Å²) < 4.78 is 0. The Morgan fingerprint density at radius 2 is 2.27 bits per heavy atom. The second-order valence-corrected chi connectivity index (χ2v) is 8.52. The Bertz CT molecular complexity index is 697. The fourth-order valence-electron chi connectivity index (χ4n) is 2.95. The minimum Gasteiger partial charge on any atom is -0.357 e. The van der Waals surface area contributed by atoms with Crippen molar-refractivity contribution in [1.82, 2.24) is 20.5 Å². The second kappa shape index (κ2) is 11.2. The van der Waals surface area contributed by atoms with Gasteiger partial charge < -0.3 is 10.6 Å². The van der Waals surface area contributed by atoms with Gasteiger partial charge in [0.25, 0.3) is 0 Å². The zero-order chi connectivity index (χ0) is 17.5. The molecule has 2 aromatic heterocycles. The zero-order valence-electron chi connectivity index (χ0n) is 15.5. The number of thiophene rings is 1. The van der Waals surface area contributed by atoms with Gasteiger partial charge in [0.15, 0.2) is 5.96 Å². The van der Waals surface area contributed by atoms with Gasteiger partial charge in [-0.05, 0) is 37.3 Å². The molecule has 0 bridgehead atoms. The fraction of sp³-hybridized carbons (Fsp3) is 0.556. The lowest BCUT2D eigenvalue weighted by molar-refractivity contribution is 0.263. The average molecular weight is 505 g/mol. The van der Waals surface area contributed by atoms with Crippen LogP contribution in [0.3, 0.4) is 0 Å². The van der Waals surface area contributed by atoms with Crippen molar-refractivity contribution in [3.05, 3.63) is 38.0 Å². The largest absolute Gasteiger partial charge is 0.357 e. The molecule has 0 saturated heterocycles. The van der Waals surface area contributed by atoms with E-state index in [0.717, 1.165) is 51.6 Å². The monoisotopic (exact) mass is 505 g/mol. The molecule has 5 nitrogen and oxygen atoms in total. The van der Waals surface area contributed by atoms with Crippen LogP contribution in [-0.4, -0.2) is 48.6 Å². The third-order valence-corrected chi connectivity index (χ3v) is 6.21. The van der Waals surface area contributed by atoms with E-state index in [4.69, 9.17) is 4.99 Å². The van der Waals surface area contributed by atoms with E-state index in [2.05, 4.69) is 45.8 Å². The normalized spacial score (nSPS) is 14.6. The van der Waals surface area contributed by atoms with Gasteiger partial charge in [-0.1, -0.05) is 0 Å². The lowest BCUT2D eigenvalue weighted by Crippen LogP contribution is -2.39. The first kappa shape index (κ1) is 21.6. The molecular weight excluding hydrogens is 477 g/mol. The third-order valence-electron chi connectivity index (χ3n) is 4.22. The van der Waals surface area contributed by atoms with E-state index in [-0.39, 0.29) is 24.0 Å². The lowest BCUT2D eigenvalue weighted by atomic mass is 10.1. The van der Waals surface area contributed by atoms with Gasteiger partial charge in [-0.15, -0.1) is 46.7 Å². The Balaban J connectivity index is 0.00000243. The molecule has 3 heterocycles. The van der Waals surface area contributed by atoms with Crippen molar-refractivity contribution in [2.24, 2.45) is 4.99 Å². The molecule has 8 heteroatoms. The first-order chi connectivity index (χ1) is 12.2. The SMILES string of the molecule is CCNC(=NCCN1CCc2sccc2C1)NCCc1ncc(C)s1.I. The molecule has 0 unspecified atom stereocenters. The van der Waals surface area contributed by atoms with Crippen LogP contribution in [0.1, 0.15) is 27.2 Å². The molecule has 0 aromatic carbocycles. The minimum atomic E-state index is 0. The van der Waals surface area contributed by atoms with E-state index in [1.807, 2.05) is 17.5 Å². The predicted molar refractivity (Wildman–Crippen MR) is 123 cm³/mol. The Morgan fingerprint density at radius 1 is 1.38 bits per heavy atom. The van der Waals surface area contributed by atoms with Gasteiger partial charge in [-0.2, -0.15) is 0 Å². The number of rotatable bonds is 7. The highest BCUT2D eigenvalue weighted by molar-refractivity contribution is 14.0. The molecule has 0 spiro atoms. The first-order valence-corrected chi connectivity index (χ1v) is 10.7. The molecule has 0 amide bonds. The maximum atomic E-state index is 4.73. The molecule has 1 aliphatic heterocycles. The second-order valence-electron chi connectivity index (χ2n) is 6.20. The highest BCUT2D eigenvalue weighted by atomic mass is 127. The van der Waals surface area contributed by atoms with Crippen LogP contribution in [0.25, 0.3) is 0 Å². The number of halogens is 1. The highest BCUT2D eigenvalue weighted by Gasteiger charge is 2.16. The molecule has 0 radical (unpaired) electrons. The number of hydrogen-bond acceptors (Lipinski definition) is 5. The zero-order valence-corrected chi connectivity index (χ0v) is 19.4. The van der Waals surface area contributed by atoms with Crippen LogP contribution in [0.5, 0.6) is 0 Å². The summed E-state index contributed by atoms with van der Waals surface area (Å²) in [6, 6.07) is 2.27. The van der Waals surface area contributed by atoms with Crippen LogP contribution in [0.15, 0.2) is 22.6 Å². The quantitative estimate of drug-likeness (QED) is 0.345. The van der Waals surface area contributed by atoms with Crippen molar-refractivity contribution in [3.8, 4) is 0 Å². The van der Waals surface area contributed by atoms with Gasteiger partial charge in [0.1, 0.15) is 0 Å². The summed E-state index contributed by atoms with van der Waals surface area (Å²) in [6.07, 6.45) is 4.06. The van der Waals surface area contributed by atoms with E-state index in [0.29, 0.717) is 0 Å². The summed E-state index contributed by atoms with van der Waals surface area (Å²) in [5, 5.41) is 10.1. The number of guanidine groups is 1. The Morgan fingerprint density at radius 3 is 3.04 bits per heavy atom. The Hall–Kier alpha value is -0.710. The van der Waals surface area contributed by atoms with Gasteiger partial charge in [-0.25, -0.2) is 4.98 Å². The molecule has 0 saturated carbocycles. The maximum Gasteiger partial charge on any atom is 0.191 e. The van der Waals surface area contributed by atoms with Crippen LogP contribution in [0, 0.1) is 6.92 Å². The molecule has 2 N–H and O–H groups in total. The maximum absolute atomic E-state index is 4.73. The molecule has 0 atom stereocenters. The van der Waals surface area contributed by atoms with Gasteiger partial charge in [-0.3, -0.25) is 9.89 Å². The van der Waals surface area contributed by atoms with Crippen molar-refractivity contribution in [1.29, 1.82) is 0 Å². The van der Waals surface area contributed by atoms with Crippen LogP contribution in [0.2, 0.25) is 0 Å². The van der Waals surface area contributed by atoms with Gasteiger partial charge in [0, 0.05) is 55.1 Å². The highest BCUT2D eigenvalue weighted by Crippen LogP contribution is 2.23. The number of aromatic nitrogens is 1. The summed E-state index contributed by atoms with van der Waals surface area (Å²) >= 11 is 3.66. The van der Waals surface area contributed by atoms with E-state index in [9.17, 15) is 0 Å². The molecule has 144 valence electrons. The van der Waals surface area contributed by atoms with Crippen LogP contribution >= 0.6 is 46.7 Å². The van der Waals surface area contributed by atoms with Crippen LogP contribution in [-0.2, 0) is 19.4 Å². The Kier molecular flexibility index (Phi) is 9.30. The predicted octanol–water partition coefficient (Wildman–Crippen LogP) is 3.29. The molecule has 26 heavy (non-hydrogen) atoms. The topological polar surface area (TPSA) is 52.6 Å². The molecule has 0 fully saturated rings. The minimum absolute atomic E-state index is 0. The summed E-state index contributed by atoms with van der Waals surface area (Å²) in [4.78, 5) is 14.5. The van der Waals surface area contributed by atoms with Gasteiger partial charge >= 0.3 is 0 Å². The standard InChI is InChI=1S/C18H27N5S2.HI/c1-3-19-18(20-7-4-17-22-12-14(2)25-17)21-8-10-23-9-5-16-15(13-23)6-11-24-16;/h6,11-12H,3-5,7-10,13H2,1-2H3,(H2,19,20,21);1H. The molecule has 0 aliphatic carbocycles. The third kappa shape index (κ3) is 6.47. The number of hydrogen-bond donors (Lipinski definition) is 2. The van der Waals surface area contributed by atoms with E-state index in [1.54, 1.807) is 16.2 Å². The molecule has 3 rings (SSSR count). The van der Waals surface area contributed by atoms with Crippen molar-refractivity contribution in [2.75, 3.05) is 32.7 Å². The van der Waals surface area contributed by atoms with Crippen molar-refractivity contribution < 1.29 is 0 Å². The summed E-state index contributed by atoms with van der Waals surface area (Å²) in [5.41, 5.74) is 1.50. The molecular formula is C18H28IN5S2. The number of aliphatic imine (C=N–C) groups is 1. The number of thiazole rings is 1. The van der Waals surface area contributed by atoms with E-state index < -0.39 is 0 Å². The number of aryl methyl sites for hydroxylation is 1. The molecule has 1 aliphatic rings. The van der Waals surface area contributed by atoms with E-state index in [1.165, 1.54) is 21.9 Å². The van der Waals surface area contributed by atoms with Crippen LogP contribution in [0.4, 0.5) is 0 Å². The number of nitrogens with one attached hydrogen (secondary N) is 2. The van der Waals surface area contributed by atoms with Gasteiger partial charge in [0.2, 0.25) is 0 Å². The van der Waals surface area contributed by atoms with Gasteiger partial charge in [0.05, 0.1) is 11.6 Å². The summed E-state index contributed by atoms with van der Waals surface area (Å²) in [6.45, 7) is 10.00. The van der Waals surface area contributed by atoms with Crippen molar-refractivity contribution in [3.63, 3.8) is 0 Å². The molecule has 2 aromatic rings. The summed E-state index contributed by atoms with van der Waals surface area (Å²) in [5.74, 6) is 0.906. The first-order valence-electron chi connectivity index (χ1n) is 8.95. The number of fused-ring (bicyclic) bond motifs is 1. The fourth-order valence-corrected chi connectivity index (χ4v) is 4.62. The summed E-state index contributed by atoms with van der Waals surface area (Å²) in [7, 11) is 0. The number of nitrogens with zero attached hydrogens (tertiary/aromatic N) is 3. The van der Waals surface area contributed by atoms with Crippen molar-refractivity contribution >= 4 is 52.6 Å². The smallest absolute Gasteiger partial charge is 0.191 e.